The minimum Gasteiger partial charge on any atom is -0.123 e. The lowest BCUT2D eigenvalue weighted by Gasteiger charge is -2.05. The molecular weight excluding hydrogens is 211 g/mol. The minimum absolute atomic E-state index is 0.414. The maximum atomic E-state index is 6.02. The first-order chi connectivity index (χ1) is 4.81. The van der Waals surface area contributed by atoms with Gasteiger partial charge in [0.2, 0.25) is 0 Å². The molecule has 0 heterocycles. The van der Waals surface area contributed by atoms with Crippen molar-refractivity contribution in [2.45, 2.75) is 44.4 Å². The second kappa shape index (κ2) is 7.87. The van der Waals surface area contributed by atoms with Crippen molar-refractivity contribution in [3.8, 4) is 0 Å². The summed E-state index contributed by atoms with van der Waals surface area (Å²) in [6.07, 6.45) is 6.09. The Morgan fingerprint density at radius 3 is 2.40 bits per heavy atom. The van der Waals surface area contributed by atoms with Gasteiger partial charge in [-0.2, -0.15) is 0 Å². The molecule has 0 aromatic carbocycles. The van der Waals surface area contributed by atoms with E-state index in [1.165, 1.54) is 25.7 Å². The molecule has 2 heteroatoms. The lowest BCUT2D eigenvalue weighted by molar-refractivity contribution is 0.635. The minimum atomic E-state index is 0.414. The van der Waals surface area contributed by atoms with Gasteiger partial charge in [-0.15, -0.1) is 11.6 Å². The van der Waals surface area contributed by atoms with Crippen LogP contribution in [0.4, 0.5) is 0 Å². The van der Waals surface area contributed by atoms with Crippen molar-refractivity contribution < 1.29 is 0 Å². The van der Waals surface area contributed by atoms with Crippen LogP contribution < -0.4 is 0 Å². The third-order valence-electron chi connectivity index (χ3n) is 1.52. The summed E-state index contributed by atoms with van der Waals surface area (Å²) in [7, 11) is 0. The Morgan fingerprint density at radius 1 is 1.30 bits per heavy atom. The lowest BCUT2D eigenvalue weighted by Crippen LogP contribution is -1.97. The zero-order chi connectivity index (χ0) is 7.82. The molecule has 0 aliphatic carbocycles. The average molecular weight is 228 g/mol. The maximum Gasteiger partial charge on any atom is 0.0336 e. The standard InChI is InChI=1S/C8H16BrCl/c1-2-3-5-8(10)6-4-7-9/h8H,2-7H2,1H3. The molecule has 10 heavy (non-hydrogen) atoms. The third kappa shape index (κ3) is 6.88. The molecule has 0 aliphatic heterocycles. The highest BCUT2D eigenvalue weighted by atomic mass is 79.9. The van der Waals surface area contributed by atoms with E-state index >= 15 is 0 Å². The first-order valence-corrected chi connectivity index (χ1v) is 5.57. The Labute approximate surface area is 77.5 Å². The number of hydrogen-bond donors (Lipinski definition) is 0. The molecule has 0 aromatic heterocycles. The van der Waals surface area contributed by atoms with Crippen LogP contribution in [0, 0.1) is 0 Å². The van der Waals surface area contributed by atoms with Crippen LogP contribution in [-0.2, 0) is 0 Å². The Morgan fingerprint density at radius 2 is 1.90 bits per heavy atom. The van der Waals surface area contributed by atoms with Crippen LogP contribution in [0.5, 0.6) is 0 Å². The smallest absolute Gasteiger partial charge is 0.0336 e. The number of rotatable bonds is 6. The normalized spacial score (nSPS) is 13.5. The average Bonchev–Trinajstić information content (AvgIpc) is 1.97. The largest absolute Gasteiger partial charge is 0.123 e. The predicted molar refractivity (Wildman–Crippen MR) is 52.2 cm³/mol. The fraction of sp³-hybridized carbons (Fsp3) is 1.00. The zero-order valence-electron chi connectivity index (χ0n) is 6.58. The van der Waals surface area contributed by atoms with E-state index in [1.54, 1.807) is 0 Å². The van der Waals surface area contributed by atoms with Crippen LogP contribution in [0.25, 0.3) is 0 Å². The molecular formula is C8H16BrCl. The molecule has 0 aliphatic rings. The highest BCUT2D eigenvalue weighted by molar-refractivity contribution is 9.09. The van der Waals surface area contributed by atoms with E-state index < -0.39 is 0 Å². The first kappa shape index (κ1) is 10.8. The molecule has 0 radical (unpaired) electrons. The van der Waals surface area contributed by atoms with Gasteiger partial charge >= 0.3 is 0 Å². The van der Waals surface area contributed by atoms with Gasteiger partial charge in [0, 0.05) is 10.7 Å². The molecule has 62 valence electrons. The highest BCUT2D eigenvalue weighted by Crippen LogP contribution is 2.13. The van der Waals surface area contributed by atoms with Gasteiger partial charge in [-0.3, -0.25) is 0 Å². The van der Waals surface area contributed by atoms with E-state index in [0.29, 0.717) is 5.38 Å². The summed E-state index contributed by atoms with van der Waals surface area (Å²) < 4.78 is 0. The fourth-order valence-electron chi connectivity index (χ4n) is 0.869. The monoisotopic (exact) mass is 226 g/mol. The number of unbranched alkanes of at least 4 members (excludes halogenated alkanes) is 1. The summed E-state index contributed by atoms with van der Waals surface area (Å²) in [4.78, 5) is 0. The van der Waals surface area contributed by atoms with Crippen molar-refractivity contribution in [3.05, 3.63) is 0 Å². The van der Waals surface area contributed by atoms with Crippen molar-refractivity contribution in [2.24, 2.45) is 0 Å². The second-order valence-electron chi connectivity index (χ2n) is 2.57. The molecule has 0 saturated heterocycles. The van der Waals surface area contributed by atoms with Crippen LogP contribution in [0.2, 0.25) is 0 Å². The molecule has 0 fully saturated rings. The molecule has 0 N–H and O–H groups in total. The third-order valence-corrected chi connectivity index (χ3v) is 2.52. The van der Waals surface area contributed by atoms with E-state index in [9.17, 15) is 0 Å². The lowest BCUT2D eigenvalue weighted by atomic mass is 10.1. The number of hydrogen-bond acceptors (Lipinski definition) is 0. The summed E-state index contributed by atoms with van der Waals surface area (Å²) >= 11 is 9.40. The fourth-order valence-corrected chi connectivity index (χ4v) is 1.50. The van der Waals surface area contributed by atoms with Crippen molar-refractivity contribution in [3.63, 3.8) is 0 Å². The van der Waals surface area contributed by atoms with Crippen LogP contribution in [0.3, 0.4) is 0 Å². The van der Waals surface area contributed by atoms with E-state index in [-0.39, 0.29) is 0 Å². The SMILES string of the molecule is CCCCC(Cl)CCCBr. The molecule has 0 rings (SSSR count). The van der Waals surface area contributed by atoms with Crippen LogP contribution >= 0.6 is 27.5 Å². The topological polar surface area (TPSA) is 0 Å². The van der Waals surface area contributed by atoms with Gasteiger partial charge in [-0.05, 0) is 19.3 Å². The second-order valence-corrected chi connectivity index (χ2v) is 3.98. The van der Waals surface area contributed by atoms with Crippen LogP contribution in [0.15, 0.2) is 0 Å². The quantitative estimate of drug-likeness (QED) is 0.603. The van der Waals surface area contributed by atoms with Crippen LogP contribution in [-0.4, -0.2) is 10.7 Å². The van der Waals surface area contributed by atoms with Gasteiger partial charge in [0.05, 0.1) is 0 Å². The molecule has 0 spiro atoms. The summed E-state index contributed by atoms with van der Waals surface area (Å²) in [6.45, 7) is 2.20. The molecule has 0 amide bonds. The van der Waals surface area contributed by atoms with Crippen molar-refractivity contribution in [1.82, 2.24) is 0 Å². The summed E-state index contributed by atoms with van der Waals surface area (Å²) in [5, 5.41) is 1.50. The number of alkyl halides is 2. The molecule has 1 atom stereocenters. The molecule has 0 aromatic rings. The van der Waals surface area contributed by atoms with E-state index in [0.717, 1.165) is 11.8 Å². The predicted octanol–water partition coefficient (Wildman–Crippen LogP) is 3.96. The Kier molecular flexibility index (Phi) is 8.48. The van der Waals surface area contributed by atoms with Gasteiger partial charge < -0.3 is 0 Å². The molecule has 1 unspecified atom stereocenters. The summed E-state index contributed by atoms with van der Waals surface area (Å²) in [5.41, 5.74) is 0. The van der Waals surface area contributed by atoms with E-state index in [4.69, 9.17) is 11.6 Å². The maximum absolute atomic E-state index is 6.02. The zero-order valence-corrected chi connectivity index (χ0v) is 8.92. The van der Waals surface area contributed by atoms with Gasteiger partial charge in [-0.1, -0.05) is 35.7 Å². The molecule has 0 saturated carbocycles. The molecule has 0 nitrogen and oxygen atoms in total. The van der Waals surface area contributed by atoms with Gasteiger partial charge in [0.15, 0.2) is 0 Å². The number of halogens is 2. The Balaban J connectivity index is 3.00. The summed E-state index contributed by atoms with van der Waals surface area (Å²) in [6, 6.07) is 0. The molecule has 0 bridgehead atoms. The Bertz CT molecular complexity index is 58.3. The van der Waals surface area contributed by atoms with Gasteiger partial charge in [0.1, 0.15) is 0 Å². The summed E-state index contributed by atoms with van der Waals surface area (Å²) in [5.74, 6) is 0. The van der Waals surface area contributed by atoms with Gasteiger partial charge in [0.25, 0.3) is 0 Å². The first-order valence-electron chi connectivity index (χ1n) is 4.01. The Hall–Kier alpha value is 0.770. The van der Waals surface area contributed by atoms with Crippen molar-refractivity contribution in [2.75, 3.05) is 5.33 Å². The van der Waals surface area contributed by atoms with E-state index in [2.05, 4.69) is 22.9 Å². The van der Waals surface area contributed by atoms with E-state index in [1.807, 2.05) is 0 Å². The van der Waals surface area contributed by atoms with Crippen molar-refractivity contribution in [1.29, 1.82) is 0 Å². The van der Waals surface area contributed by atoms with Crippen LogP contribution in [0.1, 0.15) is 39.0 Å². The highest BCUT2D eigenvalue weighted by Gasteiger charge is 2.01. The van der Waals surface area contributed by atoms with Crippen molar-refractivity contribution >= 4 is 27.5 Å². The van der Waals surface area contributed by atoms with Gasteiger partial charge in [-0.25, -0.2) is 0 Å².